The first-order valence-electron chi connectivity index (χ1n) is 25.0. The van der Waals surface area contributed by atoms with E-state index in [1.54, 1.807) is 0 Å². The van der Waals surface area contributed by atoms with E-state index in [1.165, 1.54) is 90.0 Å². The average Bonchev–Trinajstić information content (AvgIpc) is 3.73. The van der Waals surface area contributed by atoms with Crippen molar-refractivity contribution in [3.8, 4) is 33.4 Å². The smallest absolute Gasteiger partial charge is 0.333 e. The van der Waals surface area contributed by atoms with Crippen molar-refractivity contribution < 1.29 is 4.42 Å². The largest absolute Gasteiger partial charge is 0.454 e. The molecule has 13 rings (SSSR count). The summed E-state index contributed by atoms with van der Waals surface area (Å²) in [4.78, 5) is 5.31. The van der Waals surface area contributed by atoms with Gasteiger partial charge in [-0.15, -0.1) is 0 Å². The monoisotopic (exact) mass is 882 g/mol. The number of fused-ring (bicyclic) bond motifs is 10. The topological polar surface area (TPSA) is 19.6 Å². The Hall–Kier alpha value is -6.78. The highest BCUT2D eigenvalue weighted by Gasteiger charge is 2.49. The molecule has 334 valence electrons. The van der Waals surface area contributed by atoms with Gasteiger partial charge < -0.3 is 14.1 Å². The van der Waals surface area contributed by atoms with Crippen LogP contribution in [0.3, 0.4) is 0 Å². The summed E-state index contributed by atoms with van der Waals surface area (Å²) in [7, 11) is 0. The van der Waals surface area contributed by atoms with Gasteiger partial charge in [-0.2, -0.15) is 0 Å². The Kier molecular flexibility index (Phi) is 8.75. The molecule has 0 fully saturated rings. The van der Waals surface area contributed by atoms with Crippen LogP contribution >= 0.6 is 0 Å². The van der Waals surface area contributed by atoms with Gasteiger partial charge in [0.25, 0.3) is 0 Å². The summed E-state index contributed by atoms with van der Waals surface area (Å²) in [6.07, 6.45) is 4.62. The van der Waals surface area contributed by atoms with E-state index in [4.69, 9.17) is 4.42 Å². The molecule has 0 saturated heterocycles. The molecule has 2 aliphatic heterocycles. The Morgan fingerprint density at radius 2 is 0.971 bits per heavy atom. The van der Waals surface area contributed by atoms with Crippen molar-refractivity contribution in [1.29, 1.82) is 0 Å². The molecule has 0 spiro atoms. The Bertz CT molecular complexity index is 3520. The maximum atomic E-state index is 7.26. The van der Waals surface area contributed by atoms with Crippen molar-refractivity contribution in [3.05, 3.63) is 186 Å². The van der Waals surface area contributed by atoms with E-state index in [9.17, 15) is 0 Å². The maximum absolute atomic E-state index is 7.26. The van der Waals surface area contributed by atoms with Gasteiger partial charge in [-0.1, -0.05) is 165 Å². The van der Waals surface area contributed by atoms with Crippen molar-refractivity contribution in [2.45, 2.75) is 103 Å². The van der Waals surface area contributed by atoms with Crippen molar-refractivity contribution in [3.63, 3.8) is 0 Å². The van der Waals surface area contributed by atoms with Crippen molar-refractivity contribution in [2.75, 3.05) is 9.71 Å². The van der Waals surface area contributed by atoms with Crippen molar-refractivity contribution >= 4 is 68.1 Å². The van der Waals surface area contributed by atoms with Crippen LogP contribution in [0.25, 0.3) is 55.3 Å². The van der Waals surface area contributed by atoms with E-state index in [0.29, 0.717) is 0 Å². The Balaban J connectivity index is 1.18. The van der Waals surface area contributed by atoms with Crippen LogP contribution in [0.2, 0.25) is 0 Å². The van der Waals surface area contributed by atoms with E-state index >= 15 is 0 Å². The maximum Gasteiger partial charge on any atom is 0.333 e. The minimum Gasteiger partial charge on any atom is -0.454 e. The van der Waals surface area contributed by atoms with Crippen molar-refractivity contribution in [2.24, 2.45) is 0 Å². The lowest BCUT2D eigenvalue weighted by Crippen LogP contribution is -2.62. The summed E-state index contributed by atoms with van der Waals surface area (Å²) < 4.78 is 7.26. The number of hydrogen-bond donors (Lipinski definition) is 0. The van der Waals surface area contributed by atoms with Crippen LogP contribution in [-0.2, 0) is 21.7 Å². The molecule has 2 aliphatic carbocycles. The lowest BCUT2D eigenvalue weighted by molar-refractivity contribution is 0.332. The summed E-state index contributed by atoms with van der Waals surface area (Å²) >= 11 is 0. The second kappa shape index (κ2) is 14.4. The Morgan fingerprint density at radius 3 is 1.65 bits per heavy atom. The number of furan rings is 1. The number of rotatable bonds is 4. The van der Waals surface area contributed by atoms with Crippen LogP contribution < -0.4 is 20.6 Å². The van der Waals surface area contributed by atoms with Gasteiger partial charge in [0.1, 0.15) is 5.58 Å². The summed E-state index contributed by atoms with van der Waals surface area (Å²) in [5.41, 5.74) is 23.8. The number of anilines is 5. The molecule has 0 amide bonds. The van der Waals surface area contributed by atoms with Crippen LogP contribution in [0, 0.1) is 0 Å². The molecule has 0 bridgehead atoms. The van der Waals surface area contributed by atoms with Crippen LogP contribution in [0.1, 0.15) is 103 Å². The normalized spacial score (nSPS) is 17.9. The first-order valence-corrected chi connectivity index (χ1v) is 25.0. The highest BCUT2D eigenvalue weighted by atomic mass is 16.3. The van der Waals surface area contributed by atoms with Gasteiger partial charge in [0.15, 0.2) is 5.58 Å². The van der Waals surface area contributed by atoms with Crippen LogP contribution in [0.15, 0.2) is 168 Å². The predicted molar refractivity (Wildman–Crippen MR) is 289 cm³/mol. The molecule has 0 N–H and O–H groups in total. The van der Waals surface area contributed by atoms with E-state index in [2.05, 4.69) is 229 Å². The Labute approximate surface area is 402 Å². The third-order valence-corrected chi connectivity index (χ3v) is 17.0. The zero-order chi connectivity index (χ0) is 46.5. The van der Waals surface area contributed by atoms with Crippen LogP contribution in [0.5, 0.6) is 0 Å². The standard InChI is InChI=1S/C64H59BN2O/c1-61(2)31-32-62(3,4)51-36-45(28-29-50(51)61)67-55-30-25-43(41-19-13-10-14-20-41)35-47(55)48-37-49-46-21-15-16-22-57(46)68-60(49)59-58(48)65(67)54-38-52-53(64(7,8)34-33-63(52,5)6)39-56(54)66(59)44-26-23-42(24-27-44)40-17-11-9-12-18-40/h9-30,35-39H,31-34H2,1-8H3. The average molecular weight is 883 g/mol. The van der Waals surface area contributed by atoms with Crippen molar-refractivity contribution in [1.82, 2.24) is 0 Å². The fraction of sp³-hybridized carbons (Fsp3) is 0.250. The van der Waals surface area contributed by atoms with Gasteiger partial charge in [0.2, 0.25) is 0 Å². The van der Waals surface area contributed by atoms with E-state index in [-0.39, 0.29) is 28.5 Å². The van der Waals surface area contributed by atoms with Gasteiger partial charge >= 0.3 is 6.85 Å². The van der Waals surface area contributed by atoms with E-state index in [0.717, 1.165) is 52.6 Å². The molecule has 0 radical (unpaired) electrons. The third kappa shape index (κ3) is 6.05. The zero-order valence-electron chi connectivity index (χ0n) is 40.8. The van der Waals surface area contributed by atoms with Crippen LogP contribution in [-0.4, -0.2) is 6.85 Å². The summed E-state index contributed by atoms with van der Waals surface area (Å²) in [6, 6.07) is 62.0. The molecule has 0 unspecified atom stereocenters. The van der Waals surface area contributed by atoms with Gasteiger partial charge in [-0.3, -0.25) is 0 Å². The van der Waals surface area contributed by atoms with E-state index < -0.39 is 0 Å². The first kappa shape index (κ1) is 41.4. The van der Waals surface area contributed by atoms with Gasteiger partial charge in [-0.05, 0) is 163 Å². The highest BCUT2D eigenvalue weighted by molar-refractivity contribution is 6.94. The molecule has 3 nitrogen and oxygen atoms in total. The van der Waals surface area contributed by atoms with Gasteiger partial charge in [0.05, 0.1) is 5.69 Å². The Morgan fingerprint density at radius 1 is 0.426 bits per heavy atom. The molecule has 9 aromatic rings. The number of hydrogen-bond acceptors (Lipinski definition) is 3. The predicted octanol–water partition coefficient (Wildman–Crippen LogP) is 16.3. The molecular formula is C64H59BN2O. The quantitative estimate of drug-likeness (QED) is 0.164. The second-order valence-corrected chi connectivity index (χ2v) is 23.0. The molecule has 0 saturated carbocycles. The second-order valence-electron chi connectivity index (χ2n) is 23.0. The van der Waals surface area contributed by atoms with Gasteiger partial charge in [-0.25, -0.2) is 0 Å². The summed E-state index contributed by atoms with van der Waals surface area (Å²) in [5.74, 6) is 0. The molecule has 68 heavy (non-hydrogen) atoms. The zero-order valence-corrected chi connectivity index (χ0v) is 40.8. The highest BCUT2D eigenvalue weighted by Crippen LogP contribution is 2.55. The molecule has 0 atom stereocenters. The molecule has 1 aromatic heterocycles. The lowest BCUT2D eigenvalue weighted by atomic mass is 9.42. The third-order valence-electron chi connectivity index (χ3n) is 17.0. The first-order chi connectivity index (χ1) is 32.7. The number of benzene rings is 8. The van der Waals surface area contributed by atoms with E-state index in [1.807, 2.05) is 0 Å². The van der Waals surface area contributed by atoms with Crippen LogP contribution in [0.4, 0.5) is 28.4 Å². The fourth-order valence-corrected chi connectivity index (χ4v) is 12.8. The summed E-state index contributed by atoms with van der Waals surface area (Å²) in [5, 5.41) is 2.28. The number of para-hydroxylation sites is 1. The SMILES string of the molecule is CC1(C)CCC(C)(C)c2cc(N3B4c5cc6c(cc5N(c5ccc(-c7ccccc7)cc5)c5c4c(cc4c5oc5ccccc54)-c4cc(-c5ccccc5)ccc43)C(C)(C)CCC6(C)C)ccc21. The minimum atomic E-state index is -0.147. The fourth-order valence-electron chi connectivity index (χ4n) is 12.8. The molecular weight excluding hydrogens is 824 g/mol. The molecule has 4 aliphatic rings. The minimum absolute atomic E-state index is 0.00307. The van der Waals surface area contributed by atoms with Gasteiger partial charge in [0, 0.05) is 39.1 Å². The molecule has 4 heteroatoms. The lowest BCUT2D eigenvalue weighted by Gasteiger charge is -2.49. The molecule has 8 aromatic carbocycles. The number of nitrogens with zero attached hydrogens (tertiary/aromatic N) is 2. The molecule has 3 heterocycles. The summed E-state index contributed by atoms with van der Waals surface area (Å²) in [6.45, 7) is 19.5.